The zero-order valence-corrected chi connectivity index (χ0v) is 17.0. The normalized spacial score (nSPS) is 11.5. The van der Waals surface area contributed by atoms with Crippen molar-refractivity contribution in [2.24, 2.45) is 0 Å². The molecule has 0 fully saturated rings. The molecule has 5 heterocycles. The summed E-state index contributed by atoms with van der Waals surface area (Å²) in [6.07, 6.45) is 6.48. The van der Waals surface area contributed by atoms with E-state index in [1.165, 1.54) is 17.3 Å². The number of aryl methyl sites for hydroxylation is 1. The maximum atomic E-state index is 14.8. The summed E-state index contributed by atoms with van der Waals surface area (Å²) in [6, 6.07) is 9.44. The van der Waals surface area contributed by atoms with Crippen LogP contribution in [0.25, 0.3) is 55.2 Å². The lowest BCUT2D eigenvalue weighted by atomic mass is 10.1. The summed E-state index contributed by atoms with van der Waals surface area (Å²) in [5.41, 5.74) is 4.68. The predicted octanol–water partition coefficient (Wildman–Crippen LogP) is 5.13. The first-order chi connectivity index (χ1) is 15.2. The quantitative estimate of drug-likeness (QED) is 0.408. The van der Waals surface area contributed by atoms with Gasteiger partial charge in [0.15, 0.2) is 17.3 Å². The van der Waals surface area contributed by atoms with Crippen LogP contribution in [-0.4, -0.2) is 35.1 Å². The SMILES string of the molecule is Cc1ccc(-c2ccnc3nc(-c4[nH]nc5c(F)cc(-c6cncnc6)cc45)[nH]c23)s1. The van der Waals surface area contributed by atoms with Gasteiger partial charge in [0.1, 0.15) is 17.5 Å². The van der Waals surface area contributed by atoms with E-state index in [-0.39, 0.29) is 5.52 Å². The highest BCUT2D eigenvalue weighted by molar-refractivity contribution is 7.15. The van der Waals surface area contributed by atoms with Gasteiger partial charge in [-0.2, -0.15) is 5.10 Å². The molecule has 0 aliphatic heterocycles. The van der Waals surface area contributed by atoms with Gasteiger partial charge in [-0.1, -0.05) is 0 Å². The number of halogens is 1. The molecule has 0 radical (unpaired) electrons. The Morgan fingerprint density at radius 2 is 1.90 bits per heavy atom. The number of benzene rings is 1. The molecule has 150 valence electrons. The topological polar surface area (TPSA) is 96.0 Å². The number of thiophene rings is 1. The van der Waals surface area contributed by atoms with Gasteiger partial charge in [-0.3, -0.25) is 5.10 Å². The van der Waals surface area contributed by atoms with Gasteiger partial charge in [0.25, 0.3) is 0 Å². The molecule has 5 aromatic heterocycles. The molecule has 0 unspecified atom stereocenters. The van der Waals surface area contributed by atoms with Crippen LogP contribution in [0.2, 0.25) is 0 Å². The summed E-state index contributed by atoms with van der Waals surface area (Å²) in [7, 11) is 0. The van der Waals surface area contributed by atoms with Gasteiger partial charge < -0.3 is 4.98 Å². The zero-order chi connectivity index (χ0) is 20.9. The average molecular weight is 427 g/mol. The first kappa shape index (κ1) is 17.8. The highest BCUT2D eigenvalue weighted by Crippen LogP contribution is 2.35. The number of imidazole rings is 1. The third kappa shape index (κ3) is 2.89. The summed E-state index contributed by atoms with van der Waals surface area (Å²) in [6.45, 7) is 2.07. The standard InChI is InChI=1S/C22H14FN7S/c1-11-2-3-17(31-11)14-4-5-26-21-19(14)27-22(28-21)20-15-6-12(13-8-24-10-25-9-13)7-16(23)18(15)29-30-20/h2-10H,1H3,(H,29,30)(H,26,27,28). The smallest absolute Gasteiger partial charge is 0.178 e. The van der Waals surface area contributed by atoms with Crippen LogP contribution in [-0.2, 0) is 0 Å². The molecule has 9 heteroatoms. The Balaban J connectivity index is 1.55. The van der Waals surface area contributed by atoms with Crippen molar-refractivity contribution >= 4 is 33.4 Å². The number of fused-ring (bicyclic) bond motifs is 2. The van der Waals surface area contributed by atoms with Crippen molar-refractivity contribution in [3.8, 4) is 33.1 Å². The second kappa shape index (κ2) is 6.78. The van der Waals surface area contributed by atoms with E-state index in [1.54, 1.807) is 29.9 Å². The number of hydrogen-bond acceptors (Lipinski definition) is 6. The Labute approximate surface area is 179 Å². The van der Waals surface area contributed by atoms with Crippen molar-refractivity contribution in [1.29, 1.82) is 0 Å². The molecule has 0 aliphatic carbocycles. The Hall–Kier alpha value is -3.98. The second-order valence-corrected chi connectivity index (χ2v) is 8.42. The van der Waals surface area contributed by atoms with Crippen molar-refractivity contribution in [2.75, 3.05) is 0 Å². The van der Waals surface area contributed by atoms with Gasteiger partial charge in [0.05, 0.1) is 5.52 Å². The van der Waals surface area contributed by atoms with Crippen LogP contribution in [0.4, 0.5) is 4.39 Å². The van der Waals surface area contributed by atoms with Gasteiger partial charge in [-0.25, -0.2) is 24.3 Å². The summed E-state index contributed by atoms with van der Waals surface area (Å²) < 4.78 is 14.8. The van der Waals surface area contributed by atoms with E-state index in [1.807, 2.05) is 12.1 Å². The Bertz CT molecular complexity index is 1570. The lowest BCUT2D eigenvalue weighted by Gasteiger charge is -2.02. The van der Waals surface area contributed by atoms with E-state index in [4.69, 9.17) is 0 Å². The van der Waals surface area contributed by atoms with Gasteiger partial charge in [0.2, 0.25) is 0 Å². The molecule has 0 bridgehead atoms. The number of nitrogens with one attached hydrogen (secondary N) is 2. The maximum Gasteiger partial charge on any atom is 0.178 e. The number of H-pyrrole nitrogens is 2. The second-order valence-electron chi connectivity index (χ2n) is 7.13. The van der Waals surface area contributed by atoms with Gasteiger partial charge >= 0.3 is 0 Å². The summed E-state index contributed by atoms with van der Waals surface area (Å²) >= 11 is 1.71. The fraction of sp³-hybridized carbons (Fsp3) is 0.0455. The largest absolute Gasteiger partial charge is 0.335 e. The molecule has 0 amide bonds. The van der Waals surface area contributed by atoms with E-state index in [0.29, 0.717) is 28.1 Å². The number of nitrogens with zero attached hydrogens (tertiary/aromatic N) is 5. The van der Waals surface area contributed by atoms with Crippen LogP contribution in [0, 0.1) is 12.7 Å². The van der Waals surface area contributed by atoms with Crippen molar-refractivity contribution in [1.82, 2.24) is 35.1 Å². The first-order valence-corrected chi connectivity index (χ1v) is 10.3. The molecule has 1 aromatic carbocycles. The first-order valence-electron chi connectivity index (χ1n) is 9.52. The van der Waals surface area contributed by atoms with Crippen LogP contribution in [0.1, 0.15) is 4.88 Å². The number of aromatic nitrogens is 7. The molecule has 31 heavy (non-hydrogen) atoms. The van der Waals surface area contributed by atoms with Crippen molar-refractivity contribution in [3.05, 3.63) is 65.9 Å². The van der Waals surface area contributed by atoms with E-state index in [9.17, 15) is 4.39 Å². The highest BCUT2D eigenvalue weighted by atomic mass is 32.1. The van der Waals surface area contributed by atoms with E-state index in [2.05, 4.69) is 54.2 Å². The summed E-state index contributed by atoms with van der Waals surface area (Å²) in [4.78, 5) is 22.8. The van der Waals surface area contributed by atoms with E-state index < -0.39 is 5.82 Å². The minimum absolute atomic E-state index is 0.248. The molecule has 6 aromatic rings. The Kier molecular flexibility index (Phi) is 3.90. The third-order valence-corrected chi connectivity index (χ3v) is 6.17. The molecular formula is C22H14FN7S. The molecule has 7 nitrogen and oxygen atoms in total. The zero-order valence-electron chi connectivity index (χ0n) is 16.2. The predicted molar refractivity (Wildman–Crippen MR) is 118 cm³/mol. The fourth-order valence-electron chi connectivity index (χ4n) is 3.68. The van der Waals surface area contributed by atoms with Crippen molar-refractivity contribution < 1.29 is 4.39 Å². The Morgan fingerprint density at radius 1 is 1.03 bits per heavy atom. The van der Waals surface area contributed by atoms with Crippen LogP contribution in [0.3, 0.4) is 0 Å². The van der Waals surface area contributed by atoms with Crippen LogP contribution < -0.4 is 0 Å². The molecule has 0 aliphatic rings. The lowest BCUT2D eigenvalue weighted by molar-refractivity contribution is 0.636. The minimum atomic E-state index is -0.428. The minimum Gasteiger partial charge on any atom is -0.335 e. The number of aromatic amines is 2. The molecule has 0 atom stereocenters. The number of pyridine rings is 1. The molecule has 6 rings (SSSR count). The molecular weight excluding hydrogens is 413 g/mol. The van der Waals surface area contributed by atoms with Crippen molar-refractivity contribution in [2.45, 2.75) is 6.92 Å². The van der Waals surface area contributed by atoms with Crippen LogP contribution >= 0.6 is 11.3 Å². The molecule has 0 saturated carbocycles. The molecule has 0 spiro atoms. The molecule has 2 N–H and O–H groups in total. The van der Waals surface area contributed by atoms with Gasteiger partial charge in [0, 0.05) is 44.9 Å². The fourth-order valence-corrected chi connectivity index (χ4v) is 4.58. The van der Waals surface area contributed by atoms with E-state index >= 15 is 0 Å². The number of rotatable bonds is 3. The van der Waals surface area contributed by atoms with Crippen LogP contribution in [0.15, 0.2) is 55.2 Å². The summed E-state index contributed by atoms with van der Waals surface area (Å²) in [5, 5.41) is 7.72. The van der Waals surface area contributed by atoms with Gasteiger partial charge in [-0.15, -0.1) is 11.3 Å². The molecule has 0 saturated heterocycles. The van der Waals surface area contributed by atoms with E-state index in [0.717, 1.165) is 21.5 Å². The number of hydrogen-bond donors (Lipinski definition) is 2. The Morgan fingerprint density at radius 3 is 2.71 bits per heavy atom. The summed E-state index contributed by atoms with van der Waals surface area (Å²) in [5.74, 6) is 0.120. The highest BCUT2D eigenvalue weighted by Gasteiger charge is 2.18. The van der Waals surface area contributed by atoms with Gasteiger partial charge in [-0.05, 0) is 42.8 Å². The average Bonchev–Trinajstić information content (AvgIpc) is 3.51. The van der Waals surface area contributed by atoms with Crippen LogP contribution in [0.5, 0.6) is 0 Å². The maximum absolute atomic E-state index is 14.8. The third-order valence-electron chi connectivity index (χ3n) is 5.14. The monoisotopic (exact) mass is 427 g/mol. The lowest BCUT2D eigenvalue weighted by Crippen LogP contribution is -1.86. The van der Waals surface area contributed by atoms with Crippen molar-refractivity contribution in [3.63, 3.8) is 0 Å².